The highest BCUT2D eigenvalue weighted by atomic mass is 16.2. The fourth-order valence-corrected chi connectivity index (χ4v) is 3.76. The molecular formula is C25H24N2O2. The first-order valence-electron chi connectivity index (χ1n) is 9.99. The summed E-state index contributed by atoms with van der Waals surface area (Å²) in [6.07, 6.45) is 1.37. The summed E-state index contributed by atoms with van der Waals surface area (Å²) in [5.74, 6) is -0.152. The van der Waals surface area contributed by atoms with Gasteiger partial charge in [0.05, 0.1) is 11.4 Å². The first-order chi connectivity index (χ1) is 14.2. The molecule has 3 aromatic rings. The van der Waals surface area contributed by atoms with Crippen molar-refractivity contribution in [2.24, 2.45) is 0 Å². The van der Waals surface area contributed by atoms with Crippen molar-refractivity contribution in [3.05, 3.63) is 95.6 Å². The van der Waals surface area contributed by atoms with Crippen LogP contribution in [-0.4, -0.2) is 18.2 Å². The molecule has 0 bridgehead atoms. The van der Waals surface area contributed by atoms with Crippen molar-refractivity contribution in [1.82, 2.24) is 0 Å². The molecule has 0 radical (unpaired) electrons. The quantitative estimate of drug-likeness (QED) is 0.618. The number of para-hydroxylation sites is 2. The first-order valence-corrected chi connectivity index (χ1v) is 9.99. The van der Waals surface area contributed by atoms with E-state index in [1.54, 1.807) is 12.1 Å². The van der Waals surface area contributed by atoms with Crippen LogP contribution in [0.5, 0.6) is 0 Å². The Morgan fingerprint density at radius 2 is 1.48 bits per heavy atom. The minimum absolute atomic E-state index is 0.0123. The van der Waals surface area contributed by atoms with Crippen LogP contribution in [0.15, 0.2) is 78.9 Å². The second kappa shape index (κ2) is 8.74. The fraction of sp³-hybridized carbons (Fsp3) is 0.200. The maximum Gasteiger partial charge on any atom is 0.224 e. The third-order valence-electron chi connectivity index (χ3n) is 5.32. The zero-order valence-electron chi connectivity index (χ0n) is 16.3. The number of hydrogen-bond acceptors (Lipinski definition) is 3. The highest BCUT2D eigenvalue weighted by Gasteiger charge is 2.19. The van der Waals surface area contributed by atoms with E-state index in [-0.39, 0.29) is 24.5 Å². The Morgan fingerprint density at radius 3 is 2.31 bits per heavy atom. The molecule has 4 heteroatoms. The predicted octanol–water partition coefficient (Wildman–Crippen LogP) is 4.85. The molecule has 1 N–H and O–H groups in total. The van der Waals surface area contributed by atoms with E-state index in [1.165, 1.54) is 11.1 Å². The highest BCUT2D eigenvalue weighted by molar-refractivity contribution is 6.00. The van der Waals surface area contributed by atoms with Crippen LogP contribution >= 0.6 is 0 Å². The number of carbonyl (C=O) groups is 2. The van der Waals surface area contributed by atoms with Gasteiger partial charge in [-0.2, -0.15) is 0 Å². The van der Waals surface area contributed by atoms with Gasteiger partial charge in [-0.3, -0.25) is 9.59 Å². The molecule has 3 aromatic carbocycles. The van der Waals surface area contributed by atoms with Gasteiger partial charge in [0.25, 0.3) is 0 Å². The molecule has 1 amide bonds. The highest BCUT2D eigenvalue weighted by Crippen LogP contribution is 2.30. The fourth-order valence-electron chi connectivity index (χ4n) is 3.76. The Morgan fingerprint density at radius 1 is 0.793 bits per heavy atom. The molecule has 1 aliphatic rings. The average Bonchev–Trinajstić information content (AvgIpc) is 2.78. The molecule has 0 aromatic heterocycles. The second-order valence-electron chi connectivity index (χ2n) is 7.29. The van der Waals surface area contributed by atoms with Gasteiger partial charge in [-0.25, -0.2) is 0 Å². The number of ketones is 1. The van der Waals surface area contributed by atoms with Gasteiger partial charge in [-0.1, -0.05) is 66.7 Å². The lowest BCUT2D eigenvalue weighted by Crippen LogP contribution is -2.31. The first kappa shape index (κ1) is 18.9. The van der Waals surface area contributed by atoms with Gasteiger partial charge in [0, 0.05) is 31.5 Å². The van der Waals surface area contributed by atoms with Crippen molar-refractivity contribution in [3.8, 4) is 0 Å². The average molecular weight is 384 g/mol. The van der Waals surface area contributed by atoms with Gasteiger partial charge in [0.2, 0.25) is 5.91 Å². The molecule has 0 unspecified atom stereocenters. The number of carbonyl (C=O) groups excluding carboxylic acids is 2. The summed E-state index contributed by atoms with van der Waals surface area (Å²) in [6.45, 7) is 1.74. The third-order valence-corrected chi connectivity index (χ3v) is 5.32. The van der Waals surface area contributed by atoms with Crippen molar-refractivity contribution in [2.75, 3.05) is 16.8 Å². The maximum atomic E-state index is 12.5. The molecule has 1 aliphatic heterocycles. The molecule has 0 saturated heterocycles. The van der Waals surface area contributed by atoms with E-state index >= 15 is 0 Å². The van der Waals surface area contributed by atoms with Crippen molar-refractivity contribution >= 4 is 23.1 Å². The van der Waals surface area contributed by atoms with Crippen LogP contribution in [0.4, 0.5) is 11.4 Å². The van der Waals surface area contributed by atoms with Crippen LogP contribution in [0.3, 0.4) is 0 Å². The van der Waals surface area contributed by atoms with Crippen LogP contribution in [-0.2, 0) is 17.8 Å². The van der Waals surface area contributed by atoms with E-state index in [1.807, 2.05) is 42.5 Å². The third kappa shape index (κ3) is 4.54. The minimum Gasteiger partial charge on any atom is -0.365 e. The Labute approximate surface area is 171 Å². The Kier molecular flexibility index (Phi) is 5.71. The van der Waals surface area contributed by atoms with Crippen LogP contribution < -0.4 is 10.2 Å². The SMILES string of the molecule is O=C(CCC(=O)c1ccccc1)Nc1ccccc1N1CCc2ccccc2C1. The van der Waals surface area contributed by atoms with Crippen LogP contribution in [0.2, 0.25) is 0 Å². The topological polar surface area (TPSA) is 49.4 Å². The van der Waals surface area contributed by atoms with Crippen LogP contribution in [0, 0.1) is 0 Å². The molecule has 0 saturated carbocycles. The number of fused-ring (bicyclic) bond motifs is 1. The Hall–Kier alpha value is -3.40. The van der Waals surface area contributed by atoms with Crippen LogP contribution in [0.25, 0.3) is 0 Å². The molecular weight excluding hydrogens is 360 g/mol. The number of nitrogens with zero attached hydrogens (tertiary/aromatic N) is 1. The van der Waals surface area contributed by atoms with Crippen molar-refractivity contribution in [2.45, 2.75) is 25.8 Å². The molecule has 1 heterocycles. The van der Waals surface area contributed by atoms with Gasteiger partial charge in [0.1, 0.15) is 0 Å². The van der Waals surface area contributed by atoms with E-state index in [0.717, 1.165) is 30.9 Å². The zero-order valence-corrected chi connectivity index (χ0v) is 16.3. The minimum atomic E-state index is -0.140. The van der Waals surface area contributed by atoms with Gasteiger partial charge in [-0.05, 0) is 29.7 Å². The molecule has 0 fully saturated rings. The van der Waals surface area contributed by atoms with Gasteiger partial charge in [-0.15, -0.1) is 0 Å². The number of nitrogens with one attached hydrogen (secondary N) is 1. The van der Waals surface area contributed by atoms with Gasteiger partial charge < -0.3 is 10.2 Å². The van der Waals surface area contributed by atoms with E-state index in [0.29, 0.717) is 5.56 Å². The Bertz CT molecular complexity index is 1010. The summed E-state index contributed by atoms with van der Waals surface area (Å²) < 4.78 is 0. The van der Waals surface area contributed by atoms with E-state index in [2.05, 4.69) is 34.5 Å². The summed E-state index contributed by atoms with van der Waals surface area (Å²) in [4.78, 5) is 27.0. The maximum absolute atomic E-state index is 12.5. The van der Waals surface area contributed by atoms with Crippen LogP contribution in [0.1, 0.15) is 34.3 Å². The molecule has 29 heavy (non-hydrogen) atoms. The summed E-state index contributed by atoms with van der Waals surface area (Å²) in [5.41, 5.74) is 5.18. The number of benzene rings is 3. The molecule has 0 atom stereocenters. The second-order valence-corrected chi connectivity index (χ2v) is 7.29. The van der Waals surface area contributed by atoms with Crippen molar-refractivity contribution in [3.63, 3.8) is 0 Å². The smallest absolute Gasteiger partial charge is 0.224 e. The molecule has 0 aliphatic carbocycles. The lowest BCUT2D eigenvalue weighted by Gasteiger charge is -2.32. The van der Waals surface area contributed by atoms with E-state index < -0.39 is 0 Å². The number of anilines is 2. The normalized spacial score (nSPS) is 12.9. The predicted molar refractivity (Wildman–Crippen MR) is 116 cm³/mol. The number of Topliss-reactive ketones (excluding diaryl/α,β-unsaturated/α-hetero) is 1. The van der Waals surface area contributed by atoms with E-state index in [9.17, 15) is 9.59 Å². The monoisotopic (exact) mass is 384 g/mol. The number of amides is 1. The Balaban J connectivity index is 1.41. The number of rotatable bonds is 6. The lowest BCUT2D eigenvalue weighted by molar-refractivity contribution is -0.116. The van der Waals surface area contributed by atoms with Crippen molar-refractivity contribution < 1.29 is 9.59 Å². The summed E-state index contributed by atoms with van der Waals surface area (Å²) in [5, 5.41) is 3.01. The summed E-state index contributed by atoms with van der Waals surface area (Å²) in [7, 11) is 0. The zero-order chi connectivity index (χ0) is 20.1. The summed E-state index contributed by atoms with van der Waals surface area (Å²) >= 11 is 0. The standard InChI is InChI=1S/C25H24N2O2/c28-24(20-9-2-1-3-10-20)14-15-25(29)26-22-12-6-7-13-23(22)27-17-16-19-8-4-5-11-21(19)18-27/h1-13H,14-18H2,(H,26,29). The summed E-state index contributed by atoms with van der Waals surface area (Å²) in [6, 6.07) is 25.5. The molecule has 0 spiro atoms. The number of hydrogen-bond donors (Lipinski definition) is 1. The lowest BCUT2D eigenvalue weighted by atomic mass is 9.99. The molecule has 146 valence electrons. The van der Waals surface area contributed by atoms with Gasteiger partial charge >= 0.3 is 0 Å². The molecule has 4 rings (SSSR count). The van der Waals surface area contributed by atoms with Gasteiger partial charge in [0.15, 0.2) is 5.78 Å². The van der Waals surface area contributed by atoms with E-state index in [4.69, 9.17) is 0 Å². The largest absolute Gasteiger partial charge is 0.365 e. The van der Waals surface area contributed by atoms with Crippen molar-refractivity contribution in [1.29, 1.82) is 0 Å². The molecule has 4 nitrogen and oxygen atoms in total.